The van der Waals surface area contributed by atoms with Crippen LogP contribution in [0, 0.1) is 0 Å². The van der Waals surface area contributed by atoms with Crippen LogP contribution in [-0.4, -0.2) is 18.0 Å². The van der Waals surface area contributed by atoms with Crippen molar-refractivity contribution in [2.75, 3.05) is 12.9 Å². The van der Waals surface area contributed by atoms with E-state index in [2.05, 4.69) is 0 Å². The largest absolute Gasteiger partial charge is 0.395 e. The van der Waals surface area contributed by atoms with E-state index in [9.17, 15) is 5.11 Å². The highest BCUT2D eigenvalue weighted by molar-refractivity contribution is 7.98. The highest BCUT2D eigenvalue weighted by atomic mass is 35.5. The van der Waals surface area contributed by atoms with Crippen molar-refractivity contribution in [3.63, 3.8) is 0 Å². The van der Waals surface area contributed by atoms with Crippen molar-refractivity contribution >= 4 is 23.4 Å². The second-order valence-electron chi connectivity index (χ2n) is 3.89. The van der Waals surface area contributed by atoms with E-state index >= 15 is 0 Å². The predicted molar refractivity (Wildman–Crippen MR) is 63.3 cm³/mol. The molecule has 0 aliphatic carbocycles. The van der Waals surface area contributed by atoms with E-state index in [1.54, 1.807) is 11.8 Å². The van der Waals surface area contributed by atoms with E-state index in [0.717, 1.165) is 15.5 Å². The molecule has 78 valence electrons. The van der Waals surface area contributed by atoms with Crippen LogP contribution in [0.5, 0.6) is 0 Å². The van der Waals surface area contributed by atoms with Crippen molar-refractivity contribution in [2.45, 2.75) is 24.2 Å². The lowest BCUT2D eigenvalue weighted by Gasteiger charge is -2.22. The van der Waals surface area contributed by atoms with Crippen molar-refractivity contribution in [3.05, 3.63) is 28.8 Å². The lowest BCUT2D eigenvalue weighted by atomic mass is 9.86. The molecule has 1 aromatic carbocycles. The Balaban J connectivity index is 3.08. The molecule has 0 aliphatic rings. The molecule has 0 fully saturated rings. The maximum absolute atomic E-state index is 9.22. The minimum atomic E-state index is -0.222. The Kier molecular flexibility index (Phi) is 3.87. The Hall–Kier alpha value is -0.180. The van der Waals surface area contributed by atoms with Crippen molar-refractivity contribution in [2.24, 2.45) is 0 Å². The van der Waals surface area contributed by atoms with Crippen LogP contribution in [-0.2, 0) is 5.41 Å². The minimum absolute atomic E-state index is 0.127. The highest BCUT2D eigenvalue weighted by Gasteiger charge is 2.19. The molecule has 1 N–H and O–H groups in total. The number of halogens is 1. The smallest absolute Gasteiger partial charge is 0.0544 e. The average molecular weight is 231 g/mol. The molecule has 0 saturated heterocycles. The van der Waals surface area contributed by atoms with Gasteiger partial charge in [-0.1, -0.05) is 31.5 Å². The molecular formula is C11H15ClOS. The van der Waals surface area contributed by atoms with E-state index < -0.39 is 0 Å². The summed E-state index contributed by atoms with van der Waals surface area (Å²) in [6.45, 7) is 4.12. The number of aliphatic hydroxyl groups excluding tert-OH is 1. The van der Waals surface area contributed by atoms with Crippen LogP contribution in [0.4, 0.5) is 0 Å². The fourth-order valence-corrected chi connectivity index (χ4v) is 2.05. The van der Waals surface area contributed by atoms with Gasteiger partial charge in [0.05, 0.1) is 11.6 Å². The molecule has 14 heavy (non-hydrogen) atoms. The van der Waals surface area contributed by atoms with Crippen molar-refractivity contribution < 1.29 is 5.11 Å². The first-order chi connectivity index (χ1) is 6.51. The Morgan fingerprint density at radius 1 is 1.43 bits per heavy atom. The van der Waals surface area contributed by atoms with Crippen molar-refractivity contribution in [3.8, 4) is 0 Å². The zero-order chi connectivity index (χ0) is 10.8. The van der Waals surface area contributed by atoms with E-state index in [4.69, 9.17) is 11.6 Å². The Bertz CT molecular complexity index is 323. The standard InChI is InChI=1S/C11H15ClOS/c1-11(2,7-13)8-4-5-10(14-3)9(12)6-8/h4-6,13H,7H2,1-3H3. The average Bonchev–Trinajstić information content (AvgIpc) is 2.17. The Labute approximate surface area is 94.5 Å². The molecule has 0 amide bonds. The first kappa shape index (κ1) is 11.9. The second kappa shape index (κ2) is 4.56. The number of thioether (sulfide) groups is 1. The lowest BCUT2D eigenvalue weighted by molar-refractivity contribution is 0.218. The van der Waals surface area contributed by atoms with Gasteiger partial charge >= 0.3 is 0 Å². The molecule has 1 aromatic rings. The molecule has 3 heteroatoms. The van der Waals surface area contributed by atoms with Gasteiger partial charge in [0.25, 0.3) is 0 Å². The van der Waals surface area contributed by atoms with Gasteiger partial charge in [0.2, 0.25) is 0 Å². The molecular weight excluding hydrogens is 216 g/mol. The third kappa shape index (κ3) is 2.44. The molecule has 0 radical (unpaired) electrons. The van der Waals surface area contributed by atoms with E-state index in [1.165, 1.54) is 0 Å². The van der Waals surface area contributed by atoms with E-state index in [0.29, 0.717) is 0 Å². The van der Waals surface area contributed by atoms with Gasteiger partial charge in [-0.3, -0.25) is 0 Å². The number of hydrogen-bond donors (Lipinski definition) is 1. The fraction of sp³-hybridized carbons (Fsp3) is 0.455. The maximum atomic E-state index is 9.22. The van der Waals surface area contributed by atoms with Gasteiger partial charge in [-0.2, -0.15) is 0 Å². The SMILES string of the molecule is CSc1ccc(C(C)(C)CO)cc1Cl. The predicted octanol–water partition coefficient (Wildman–Crippen LogP) is 3.33. The van der Waals surface area contributed by atoms with Crippen LogP contribution in [0.3, 0.4) is 0 Å². The second-order valence-corrected chi connectivity index (χ2v) is 5.15. The molecule has 0 bridgehead atoms. The zero-order valence-electron chi connectivity index (χ0n) is 8.67. The van der Waals surface area contributed by atoms with Gasteiger partial charge < -0.3 is 5.11 Å². The van der Waals surface area contributed by atoms with Gasteiger partial charge in [-0.25, -0.2) is 0 Å². The first-order valence-corrected chi connectivity index (χ1v) is 6.06. The van der Waals surface area contributed by atoms with E-state index in [-0.39, 0.29) is 12.0 Å². The third-order valence-electron chi connectivity index (χ3n) is 2.33. The number of aliphatic hydroxyl groups is 1. The van der Waals surface area contributed by atoms with Gasteiger partial charge in [-0.05, 0) is 24.0 Å². The third-order valence-corrected chi connectivity index (χ3v) is 3.55. The molecule has 0 saturated carbocycles. The van der Waals surface area contributed by atoms with Crippen LogP contribution in [0.25, 0.3) is 0 Å². The summed E-state index contributed by atoms with van der Waals surface area (Å²) in [6, 6.07) is 5.96. The van der Waals surface area contributed by atoms with Gasteiger partial charge in [0.15, 0.2) is 0 Å². The number of rotatable bonds is 3. The van der Waals surface area contributed by atoms with Gasteiger partial charge in [-0.15, -0.1) is 11.8 Å². The summed E-state index contributed by atoms with van der Waals surface area (Å²) in [6.07, 6.45) is 2.00. The van der Waals surface area contributed by atoms with Crippen LogP contribution >= 0.6 is 23.4 Å². The van der Waals surface area contributed by atoms with Crippen LogP contribution < -0.4 is 0 Å². The molecule has 1 rings (SSSR count). The maximum Gasteiger partial charge on any atom is 0.0544 e. The molecule has 0 unspecified atom stereocenters. The molecule has 0 aromatic heterocycles. The topological polar surface area (TPSA) is 20.2 Å². The van der Waals surface area contributed by atoms with Gasteiger partial charge in [0.1, 0.15) is 0 Å². The van der Waals surface area contributed by atoms with Crippen molar-refractivity contribution in [1.82, 2.24) is 0 Å². The normalized spacial score (nSPS) is 11.8. The van der Waals surface area contributed by atoms with Gasteiger partial charge in [0, 0.05) is 10.3 Å². The molecule has 0 spiro atoms. The summed E-state index contributed by atoms with van der Waals surface area (Å²) in [5.41, 5.74) is 0.850. The Morgan fingerprint density at radius 2 is 2.07 bits per heavy atom. The van der Waals surface area contributed by atoms with Crippen LogP contribution in [0.2, 0.25) is 5.02 Å². The fourth-order valence-electron chi connectivity index (χ4n) is 1.18. The quantitative estimate of drug-likeness (QED) is 0.804. The summed E-state index contributed by atoms with van der Waals surface area (Å²) < 4.78 is 0. The zero-order valence-corrected chi connectivity index (χ0v) is 10.2. The van der Waals surface area contributed by atoms with Crippen molar-refractivity contribution in [1.29, 1.82) is 0 Å². The van der Waals surface area contributed by atoms with Crippen LogP contribution in [0.1, 0.15) is 19.4 Å². The summed E-state index contributed by atoms with van der Waals surface area (Å²) in [7, 11) is 0. The first-order valence-electron chi connectivity index (χ1n) is 4.46. The molecule has 0 atom stereocenters. The summed E-state index contributed by atoms with van der Waals surface area (Å²) >= 11 is 7.72. The summed E-state index contributed by atoms with van der Waals surface area (Å²) in [5, 5.41) is 9.98. The van der Waals surface area contributed by atoms with Crippen LogP contribution in [0.15, 0.2) is 23.1 Å². The molecule has 0 heterocycles. The summed E-state index contributed by atoms with van der Waals surface area (Å²) in [4.78, 5) is 1.07. The molecule has 1 nitrogen and oxygen atoms in total. The minimum Gasteiger partial charge on any atom is -0.395 e. The van der Waals surface area contributed by atoms with E-state index in [1.807, 2.05) is 38.3 Å². The summed E-state index contributed by atoms with van der Waals surface area (Å²) in [5.74, 6) is 0. The number of benzene rings is 1. The number of hydrogen-bond acceptors (Lipinski definition) is 2. The molecule has 0 aliphatic heterocycles. The monoisotopic (exact) mass is 230 g/mol. The highest BCUT2D eigenvalue weighted by Crippen LogP contribution is 2.31. The lowest BCUT2D eigenvalue weighted by Crippen LogP contribution is -2.21. The Morgan fingerprint density at radius 3 is 2.50 bits per heavy atom.